The van der Waals surface area contributed by atoms with Crippen LogP contribution in [0.2, 0.25) is 0 Å². The van der Waals surface area contributed by atoms with Gasteiger partial charge in [-0.15, -0.1) is 11.8 Å². The summed E-state index contributed by atoms with van der Waals surface area (Å²) in [5.41, 5.74) is 2.24. The normalized spacial score (nSPS) is 18.2. The number of benzene rings is 1. The molecule has 0 bridgehead atoms. The van der Waals surface area contributed by atoms with Crippen LogP contribution < -0.4 is 5.32 Å². The summed E-state index contributed by atoms with van der Waals surface area (Å²) in [6.07, 6.45) is 0.466. The fourth-order valence-electron chi connectivity index (χ4n) is 1.95. The van der Waals surface area contributed by atoms with E-state index >= 15 is 0 Å². The molecule has 0 fully saturated rings. The van der Waals surface area contributed by atoms with E-state index in [1.165, 1.54) is 10.5 Å². The van der Waals surface area contributed by atoms with Gasteiger partial charge in [-0.25, -0.2) is 0 Å². The van der Waals surface area contributed by atoms with Crippen LogP contribution in [0.3, 0.4) is 0 Å². The van der Waals surface area contributed by atoms with Gasteiger partial charge in [0.15, 0.2) is 0 Å². The number of rotatable bonds is 4. The topological polar surface area (TPSA) is 52.5 Å². The van der Waals surface area contributed by atoms with Crippen molar-refractivity contribution < 1.29 is 10.2 Å². The predicted octanol–water partition coefficient (Wildman–Crippen LogP) is 0.948. The Morgan fingerprint density at radius 2 is 2.31 bits per heavy atom. The van der Waals surface area contributed by atoms with Crippen LogP contribution in [-0.2, 0) is 6.42 Å². The molecule has 0 aliphatic carbocycles. The van der Waals surface area contributed by atoms with Gasteiger partial charge in [0.05, 0.1) is 18.8 Å². The fourth-order valence-corrected chi connectivity index (χ4v) is 3.07. The van der Waals surface area contributed by atoms with Crippen molar-refractivity contribution in [3.05, 3.63) is 29.3 Å². The highest BCUT2D eigenvalue weighted by atomic mass is 32.2. The Kier molecular flexibility index (Phi) is 3.86. The van der Waals surface area contributed by atoms with Crippen LogP contribution in [0, 0.1) is 0 Å². The quantitative estimate of drug-likeness (QED) is 0.732. The molecule has 0 amide bonds. The molecule has 3 nitrogen and oxygen atoms in total. The molecule has 0 saturated heterocycles. The molecule has 1 heterocycles. The molecule has 88 valence electrons. The van der Waals surface area contributed by atoms with E-state index in [-0.39, 0.29) is 12.6 Å². The van der Waals surface area contributed by atoms with Crippen molar-refractivity contribution in [1.29, 1.82) is 0 Å². The van der Waals surface area contributed by atoms with Crippen LogP contribution >= 0.6 is 11.8 Å². The highest BCUT2D eigenvalue weighted by molar-refractivity contribution is 7.99. The second-order valence-electron chi connectivity index (χ2n) is 3.99. The fraction of sp³-hybridized carbons (Fsp3) is 0.500. The van der Waals surface area contributed by atoms with E-state index in [9.17, 15) is 5.11 Å². The molecule has 1 aromatic carbocycles. The molecular weight excluding hydrogens is 222 g/mol. The molecule has 1 aliphatic heterocycles. The first-order chi connectivity index (χ1) is 7.76. The van der Waals surface area contributed by atoms with Crippen LogP contribution in [0.4, 0.5) is 0 Å². The number of fused-ring (bicyclic) bond motifs is 1. The van der Waals surface area contributed by atoms with Gasteiger partial charge in [-0.05, 0) is 30.7 Å². The Bertz CT molecular complexity index is 366. The second-order valence-corrected chi connectivity index (χ2v) is 5.12. The molecular formula is C12H17NO2S. The Morgan fingerprint density at radius 3 is 3.00 bits per heavy atom. The van der Waals surface area contributed by atoms with Gasteiger partial charge >= 0.3 is 0 Å². The first-order valence-electron chi connectivity index (χ1n) is 5.48. The van der Waals surface area contributed by atoms with E-state index in [1.54, 1.807) is 7.05 Å². The van der Waals surface area contributed by atoms with Crippen molar-refractivity contribution in [2.75, 3.05) is 19.4 Å². The van der Waals surface area contributed by atoms with Gasteiger partial charge in [-0.1, -0.05) is 12.1 Å². The standard InChI is InChI=1S/C12H17NO2S/c1-13-10(7-14)12(15)9-3-2-8-4-5-16-11(8)6-9/h2-3,6,10,12-15H,4-5,7H2,1H3. The third-order valence-electron chi connectivity index (χ3n) is 3.01. The number of aryl methyl sites for hydroxylation is 1. The zero-order valence-corrected chi connectivity index (χ0v) is 10.1. The molecule has 16 heavy (non-hydrogen) atoms. The number of hydrogen-bond acceptors (Lipinski definition) is 4. The van der Waals surface area contributed by atoms with E-state index < -0.39 is 6.10 Å². The molecule has 2 atom stereocenters. The number of aliphatic hydroxyl groups is 2. The lowest BCUT2D eigenvalue weighted by atomic mass is 10.0. The van der Waals surface area contributed by atoms with Crippen molar-refractivity contribution in [2.45, 2.75) is 23.5 Å². The Balaban J connectivity index is 2.20. The Hall–Kier alpha value is -0.550. The average Bonchev–Trinajstić information content (AvgIpc) is 2.77. The maximum Gasteiger partial charge on any atom is 0.0965 e. The molecule has 4 heteroatoms. The van der Waals surface area contributed by atoms with E-state index in [0.29, 0.717) is 0 Å². The Morgan fingerprint density at radius 1 is 1.50 bits per heavy atom. The minimum absolute atomic E-state index is 0.0676. The summed E-state index contributed by atoms with van der Waals surface area (Å²) in [5, 5.41) is 22.1. The number of likely N-dealkylation sites (N-methyl/N-ethyl adjacent to an activating group) is 1. The van der Waals surface area contributed by atoms with Gasteiger partial charge in [0, 0.05) is 10.6 Å². The molecule has 1 aromatic rings. The van der Waals surface area contributed by atoms with Crippen molar-refractivity contribution in [2.24, 2.45) is 0 Å². The van der Waals surface area contributed by atoms with E-state index in [0.717, 1.165) is 17.7 Å². The molecule has 0 aromatic heterocycles. The van der Waals surface area contributed by atoms with Gasteiger partial charge in [0.1, 0.15) is 0 Å². The average molecular weight is 239 g/mol. The third kappa shape index (κ3) is 2.25. The van der Waals surface area contributed by atoms with Crippen LogP contribution in [0.1, 0.15) is 17.2 Å². The first-order valence-corrected chi connectivity index (χ1v) is 6.46. The number of nitrogens with one attached hydrogen (secondary N) is 1. The summed E-state index contributed by atoms with van der Waals surface area (Å²) in [7, 11) is 1.74. The van der Waals surface area contributed by atoms with E-state index in [2.05, 4.69) is 11.4 Å². The SMILES string of the molecule is CNC(CO)C(O)c1ccc2c(c1)SCC2. The highest BCUT2D eigenvalue weighted by Gasteiger charge is 2.20. The van der Waals surface area contributed by atoms with Gasteiger partial charge < -0.3 is 15.5 Å². The molecule has 3 N–H and O–H groups in total. The van der Waals surface area contributed by atoms with Crippen LogP contribution in [0.5, 0.6) is 0 Å². The van der Waals surface area contributed by atoms with Crippen LogP contribution in [0.15, 0.2) is 23.1 Å². The lowest BCUT2D eigenvalue weighted by Crippen LogP contribution is -2.35. The molecule has 2 rings (SSSR count). The summed E-state index contributed by atoms with van der Waals surface area (Å²) >= 11 is 1.83. The van der Waals surface area contributed by atoms with Crippen LogP contribution in [-0.4, -0.2) is 35.7 Å². The minimum Gasteiger partial charge on any atom is -0.395 e. The largest absolute Gasteiger partial charge is 0.395 e. The maximum atomic E-state index is 10.1. The van der Waals surface area contributed by atoms with Gasteiger partial charge in [-0.3, -0.25) is 0 Å². The minimum atomic E-state index is -0.651. The number of thioether (sulfide) groups is 1. The lowest BCUT2D eigenvalue weighted by molar-refractivity contribution is 0.0941. The molecule has 0 saturated carbocycles. The number of hydrogen-bond donors (Lipinski definition) is 3. The van der Waals surface area contributed by atoms with Crippen LogP contribution in [0.25, 0.3) is 0 Å². The van der Waals surface area contributed by atoms with Gasteiger partial charge in [0.2, 0.25) is 0 Å². The molecule has 0 spiro atoms. The summed E-state index contributed by atoms with van der Waals surface area (Å²) in [6.45, 7) is -0.0676. The maximum absolute atomic E-state index is 10.1. The smallest absolute Gasteiger partial charge is 0.0965 e. The molecule has 1 aliphatic rings. The zero-order chi connectivity index (χ0) is 11.5. The summed E-state index contributed by atoms with van der Waals surface area (Å²) < 4.78 is 0. The van der Waals surface area contributed by atoms with E-state index in [1.807, 2.05) is 23.9 Å². The van der Waals surface area contributed by atoms with Gasteiger partial charge in [-0.2, -0.15) is 0 Å². The van der Waals surface area contributed by atoms with Crippen molar-refractivity contribution in [3.8, 4) is 0 Å². The van der Waals surface area contributed by atoms with E-state index in [4.69, 9.17) is 5.11 Å². The lowest BCUT2D eigenvalue weighted by Gasteiger charge is -2.21. The summed E-state index contributed by atoms with van der Waals surface area (Å²) in [4.78, 5) is 1.27. The number of aliphatic hydroxyl groups excluding tert-OH is 2. The third-order valence-corrected chi connectivity index (χ3v) is 4.11. The van der Waals surface area contributed by atoms with Crippen molar-refractivity contribution >= 4 is 11.8 Å². The first kappa shape index (κ1) is 11.9. The zero-order valence-electron chi connectivity index (χ0n) is 9.31. The summed E-state index contributed by atoms with van der Waals surface area (Å²) in [6, 6.07) is 5.77. The van der Waals surface area contributed by atoms with Crippen molar-refractivity contribution in [3.63, 3.8) is 0 Å². The highest BCUT2D eigenvalue weighted by Crippen LogP contribution is 2.33. The predicted molar refractivity (Wildman–Crippen MR) is 65.8 cm³/mol. The second kappa shape index (κ2) is 5.19. The van der Waals surface area contributed by atoms with Gasteiger partial charge in [0.25, 0.3) is 0 Å². The monoisotopic (exact) mass is 239 g/mol. The summed E-state index contributed by atoms with van der Waals surface area (Å²) in [5.74, 6) is 1.13. The Labute approximate surface area is 99.9 Å². The van der Waals surface area contributed by atoms with Crippen molar-refractivity contribution in [1.82, 2.24) is 5.32 Å². The molecule has 0 radical (unpaired) electrons. The molecule has 2 unspecified atom stereocenters.